The van der Waals surface area contributed by atoms with Gasteiger partial charge in [0.2, 0.25) is 0 Å². The van der Waals surface area contributed by atoms with E-state index in [1.807, 2.05) is 37.5 Å². The number of pyridine rings is 2. The molecule has 0 spiro atoms. The summed E-state index contributed by atoms with van der Waals surface area (Å²) in [7, 11) is 2.17. The van der Waals surface area contributed by atoms with E-state index in [0.29, 0.717) is 12.1 Å². The molecule has 0 amide bonds. The summed E-state index contributed by atoms with van der Waals surface area (Å²) in [5.41, 5.74) is 7.81. The van der Waals surface area contributed by atoms with Crippen LogP contribution in [0.3, 0.4) is 0 Å². The number of fused-ring (bicyclic) bond motifs is 6. The molecule has 0 aliphatic carbocycles. The Morgan fingerprint density at radius 3 is 2.72 bits per heavy atom. The van der Waals surface area contributed by atoms with Gasteiger partial charge in [-0.25, -0.2) is 0 Å². The minimum atomic E-state index is -0.0334. The molecule has 1 N–H and O–H groups in total. The third-order valence-electron chi connectivity index (χ3n) is 7.06. The van der Waals surface area contributed by atoms with Crippen LogP contribution in [0, 0.1) is 6.92 Å². The van der Waals surface area contributed by atoms with Crippen molar-refractivity contribution in [2.24, 2.45) is 7.05 Å². The van der Waals surface area contributed by atoms with E-state index >= 15 is 0 Å². The molecule has 6 heteroatoms. The molecular formula is C26H27ClN4O. The zero-order valence-corrected chi connectivity index (χ0v) is 19.2. The first kappa shape index (κ1) is 21.0. The predicted molar refractivity (Wildman–Crippen MR) is 131 cm³/mol. The average molecular weight is 447 g/mol. The summed E-state index contributed by atoms with van der Waals surface area (Å²) >= 11 is 0. The van der Waals surface area contributed by atoms with E-state index in [1.165, 1.54) is 41.4 Å². The van der Waals surface area contributed by atoms with Crippen molar-refractivity contribution in [1.82, 2.24) is 19.4 Å². The van der Waals surface area contributed by atoms with Gasteiger partial charge in [0, 0.05) is 66.3 Å². The number of halogens is 1. The first-order valence-electron chi connectivity index (χ1n) is 11.1. The predicted octanol–water partition coefficient (Wildman–Crippen LogP) is 4.86. The van der Waals surface area contributed by atoms with Crippen LogP contribution in [0.1, 0.15) is 42.3 Å². The zero-order valence-electron chi connectivity index (χ0n) is 18.3. The van der Waals surface area contributed by atoms with Crippen molar-refractivity contribution in [2.75, 3.05) is 0 Å². The lowest BCUT2D eigenvalue weighted by Gasteiger charge is -2.36. The summed E-state index contributed by atoms with van der Waals surface area (Å²) < 4.78 is 4.07. The van der Waals surface area contributed by atoms with Crippen molar-refractivity contribution in [3.05, 3.63) is 82.2 Å². The topological polar surface area (TPSA) is 51.9 Å². The molecule has 5 nitrogen and oxygen atoms in total. The Morgan fingerprint density at radius 1 is 1.06 bits per heavy atom. The second kappa shape index (κ2) is 7.91. The van der Waals surface area contributed by atoms with Gasteiger partial charge in [-0.3, -0.25) is 14.3 Å². The van der Waals surface area contributed by atoms with E-state index in [0.717, 1.165) is 28.9 Å². The van der Waals surface area contributed by atoms with Crippen LogP contribution in [0.4, 0.5) is 0 Å². The van der Waals surface area contributed by atoms with Crippen LogP contribution in [0.5, 0.6) is 0 Å². The highest BCUT2D eigenvalue weighted by molar-refractivity contribution is 5.88. The fourth-order valence-corrected chi connectivity index (χ4v) is 5.44. The smallest absolute Gasteiger partial charge is 0.255 e. The third-order valence-corrected chi connectivity index (χ3v) is 7.06. The fourth-order valence-electron chi connectivity index (χ4n) is 5.44. The van der Waals surface area contributed by atoms with Gasteiger partial charge in [0.15, 0.2) is 0 Å². The minimum absolute atomic E-state index is 0. The van der Waals surface area contributed by atoms with E-state index < -0.39 is 0 Å². The van der Waals surface area contributed by atoms with Crippen LogP contribution in [0.2, 0.25) is 0 Å². The minimum Gasteiger partial charge on any atom is -0.347 e. The van der Waals surface area contributed by atoms with Crippen LogP contribution in [-0.4, -0.2) is 20.2 Å². The van der Waals surface area contributed by atoms with E-state index in [4.69, 9.17) is 0 Å². The average Bonchev–Trinajstić information content (AvgIpc) is 3.06. The number of benzene rings is 1. The molecule has 3 aromatic heterocycles. The highest BCUT2D eigenvalue weighted by Crippen LogP contribution is 2.40. The summed E-state index contributed by atoms with van der Waals surface area (Å²) in [6, 6.07) is 15.1. The quantitative estimate of drug-likeness (QED) is 0.478. The Hall–Kier alpha value is -2.89. The molecule has 2 aliphatic rings. The van der Waals surface area contributed by atoms with Gasteiger partial charge in [-0.1, -0.05) is 12.1 Å². The van der Waals surface area contributed by atoms with Gasteiger partial charge in [-0.2, -0.15) is 0 Å². The Morgan fingerprint density at radius 2 is 1.94 bits per heavy atom. The van der Waals surface area contributed by atoms with Crippen molar-refractivity contribution in [1.29, 1.82) is 0 Å². The molecule has 4 aromatic rings. The number of nitrogens with one attached hydrogen (secondary N) is 1. The number of aryl methyl sites for hydroxylation is 2. The number of aromatic nitrogens is 3. The molecule has 1 saturated heterocycles. The molecule has 1 aromatic carbocycles. The fraction of sp³-hybridized carbons (Fsp3) is 0.308. The van der Waals surface area contributed by atoms with Crippen molar-refractivity contribution in [2.45, 2.75) is 44.7 Å². The lowest BCUT2D eigenvalue weighted by atomic mass is 9.84. The first-order chi connectivity index (χ1) is 15.1. The molecule has 0 saturated carbocycles. The molecule has 2 unspecified atom stereocenters. The molecule has 32 heavy (non-hydrogen) atoms. The van der Waals surface area contributed by atoms with E-state index in [1.54, 1.807) is 10.6 Å². The van der Waals surface area contributed by atoms with Crippen molar-refractivity contribution < 1.29 is 0 Å². The van der Waals surface area contributed by atoms with Gasteiger partial charge in [-0.15, -0.1) is 12.4 Å². The number of piperidine rings is 1. The molecule has 2 aliphatic heterocycles. The summed E-state index contributed by atoms with van der Waals surface area (Å²) in [5, 5.41) is 5.14. The van der Waals surface area contributed by atoms with Gasteiger partial charge in [-0.05, 0) is 61.6 Å². The van der Waals surface area contributed by atoms with Gasteiger partial charge >= 0.3 is 0 Å². The molecule has 2 bridgehead atoms. The SMILES string of the molecule is Cc1ccc(-c2ccn(-c3ccc4c5c(n(C)c4c3)CC3CCCC5N3)c(=O)c2)cn1.Cl. The number of rotatable bonds is 2. The second-order valence-corrected chi connectivity index (χ2v) is 8.98. The van der Waals surface area contributed by atoms with E-state index in [2.05, 4.69) is 40.1 Å². The number of hydrogen-bond donors (Lipinski definition) is 1. The maximum atomic E-state index is 13.0. The summed E-state index contributed by atoms with van der Waals surface area (Å²) in [6.07, 6.45) is 8.55. The van der Waals surface area contributed by atoms with Crippen LogP contribution < -0.4 is 10.9 Å². The molecule has 0 radical (unpaired) electrons. The maximum absolute atomic E-state index is 13.0. The first-order valence-corrected chi connectivity index (χ1v) is 11.1. The van der Waals surface area contributed by atoms with E-state index in [-0.39, 0.29) is 18.0 Å². The third kappa shape index (κ3) is 3.28. The van der Waals surface area contributed by atoms with Crippen LogP contribution >= 0.6 is 12.4 Å². The molecule has 2 atom stereocenters. The highest BCUT2D eigenvalue weighted by atomic mass is 35.5. The zero-order chi connectivity index (χ0) is 21.1. The Bertz CT molecular complexity index is 1370. The normalized spacial score (nSPS) is 19.4. The largest absolute Gasteiger partial charge is 0.347 e. The maximum Gasteiger partial charge on any atom is 0.255 e. The second-order valence-electron chi connectivity index (χ2n) is 8.98. The summed E-state index contributed by atoms with van der Waals surface area (Å²) in [5.74, 6) is 0. The van der Waals surface area contributed by atoms with Crippen LogP contribution in [-0.2, 0) is 13.5 Å². The molecule has 6 rings (SSSR count). The monoisotopic (exact) mass is 446 g/mol. The Labute approximate surface area is 193 Å². The van der Waals surface area contributed by atoms with Crippen molar-refractivity contribution in [3.63, 3.8) is 0 Å². The molecule has 1 fully saturated rings. The molecule has 164 valence electrons. The Balaban J connectivity index is 0.00000216. The van der Waals surface area contributed by atoms with Crippen LogP contribution in [0.15, 0.2) is 59.7 Å². The molecular weight excluding hydrogens is 420 g/mol. The number of hydrogen-bond acceptors (Lipinski definition) is 3. The van der Waals surface area contributed by atoms with Gasteiger partial charge in [0.25, 0.3) is 5.56 Å². The van der Waals surface area contributed by atoms with Gasteiger partial charge < -0.3 is 9.88 Å². The lowest BCUT2D eigenvalue weighted by Crippen LogP contribution is -2.42. The standard InChI is InChI=1S/C26H26N4O.ClH/c1-16-6-7-18(15-27-16)17-10-11-30(25(31)12-17)20-8-9-21-23(14-20)29(2)24-13-19-4-3-5-22(28-19)26(21)24;/h6-12,14-15,19,22,28H,3-5,13H2,1-2H3;1H. The number of nitrogens with zero attached hydrogens (tertiary/aromatic N) is 3. The van der Waals surface area contributed by atoms with Crippen LogP contribution in [0.25, 0.3) is 27.7 Å². The summed E-state index contributed by atoms with van der Waals surface area (Å²) in [4.78, 5) is 17.3. The van der Waals surface area contributed by atoms with Gasteiger partial charge in [0.1, 0.15) is 0 Å². The molecule has 5 heterocycles. The van der Waals surface area contributed by atoms with Gasteiger partial charge in [0.05, 0.1) is 11.2 Å². The highest BCUT2D eigenvalue weighted by Gasteiger charge is 2.33. The van der Waals surface area contributed by atoms with Crippen molar-refractivity contribution >= 4 is 23.3 Å². The van der Waals surface area contributed by atoms with E-state index in [9.17, 15) is 4.79 Å². The van der Waals surface area contributed by atoms with Crippen molar-refractivity contribution in [3.8, 4) is 16.8 Å². The Kier molecular flexibility index (Phi) is 5.19. The lowest BCUT2D eigenvalue weighted by molar-refractivity contribution is 0.299. The summed E-state index contributed by atoms with van der Waals surface area (Å²) in [6.45, 7) is 1.96.